The number of aryl methyl sites for hydroxylation is 1. The summed E-state index contributed by atoms with van der Waals surface area (Å²) in [6, 6.07) is 6.75. The molecule has 0 aliphatic carbocycles. The summed E-state index contributed by atoms with van der Waals surface area (Å²) in [4.78, 5) is 2.56. The number of benzene rings is 1. The number of hydrogen-bond acceptors (Lipinski definition) is 2. The van der Waals surface area contributed by atoms with Crippen LogP contribution in [0.15, 0.2) is 18.2 Å². The van der Waals surface area contributed by atoms with E-state index in [1.807, 2.05) is 0 Å². The maximum atomic E-state index is 5.62. The van der Waals surface area contributed by atoms with Crippen molar-refractivity contribution in [2.45, 2.75) is 33.1 Å². The molecule has 1 aliphatic rings. The number of nitrogens with zero attached hydrogens (tertiary/aromatic N) is 1. The van der Waals surface area contributed by atoms with E-state index in [-0.39, 0.29) is 0 Å². The number of nitrogens with two attached hydrogens (primary N) is 1. The SMILES string of the molecule is CC(C)CN1CCc2cccc(CCCN)c21. The van der Waals surface area contributed by atoms with Crippen LogP contribution in [0.5, 0.6) is 0 Å². The first-order valence-corrected chi connectivity index (χ1v) is 6.78. The van der Waals surface area contributed by atoms with Gasteiger partial charge in [-0.05, 0) is 42.9 Å². The van der Waals surface area contributed by atoms with Crippen LogP contribution in [0.25, 0.3) is 0 Å². The molecule has 0 saturated heterocycles. The van der Waals surface area contributed by atoms with Crippen LogP contribution in [0.1, 0.15) is 31.4 Å². The molecule has 1 aliphatic heterocycles. The number of fused-ring (bicyclic) bond motifs is 1. The van der Waals surface area contributed by atoms with Gasteiger partial charge in [0, 0.05) is 18.8 Å². The lowest BCUT2D eigenvalue weighted by molar-refractivity contribution is 0.620. The Morgan fingerprint density at radius 2 is 2.18 bits per heavy atom. The second-order valence-corrected chi connectivity index (χ2v) is 5.41. The molecule has 2 heteroatoms. The van der Waals surface area contributed by atoms with Crippen molar-refractivity contribution in [1.29, 1.82) is 0 Å². The van der Waals surface area contributed by atoms with Crippen LogP contribution in [-0.4, -0.2) is 19.6 Å². The van der Waals surface area contributed by atoms with Gasteiger partial charge in [0.05, 0.1) is 0 Å². The molecule has 2 rings (SSSR count). The average molecular weight is 232 g/mol. The average Bonchev–Trinajstić information content (AvgIpc) is 2.70. The van der Waals surface area contributed by atoms with Gasteiger partial charge >= 0.3 is 0 Å². The first-order valence-electron chi connectivity index (χ1n) is 6.78. The van der Waals surface area contributed by atoms with Crippen molar-refractivity contribution >= 4 is 5.69 Å². The molecule has 94 valence electrons. The zero-order valence-corrected chi connectivity index (χ0v) is 11.1. The van der Waals surface area contributed by atoms with E-state index in [0.717, 1.165) is 25.3 Å². The van der Waals surface area contributed by atoms with Crippen LogP contribution < -0.4 is 10.6 Å². The normalized spacial score (nSPS) is 14.5. The van der Waals surface area contributed by atoms with Crippen molar-refractivity contribution in [3.63, 3.8) is 0 Å². The summed E-state index contributed by atoms with van der Waals surface area (Å²) in [5.74, 6) is 0.725. The molecule has 0 radical (unpaired) electrons. The molecular weight excluding hydrogens is 208 g/mol. The molecule has 0 atom stereocenters. The van der Waals surface area contributed by atoms with Crippen molar-refractivity contribution < 1.29 is 0 Å². The molecule has 0 bridgehead atoms. The summed E-state index contributed by atoms with van der Waals surface area (Å²) >= 11 is 0. The summed E-state index contributed by atoms with van der Waals surface area (Å²) in [5.41, 5.74) is 10.2. The van der Waals surface area contributed by atoms with E-state index < -0.39 is 0 Å². The zero-order valence-electron chi connectivity index (χ0n) is 11.1. The lowest BCUT2D eigenvalue weighted by Gasteiger charge is -2.24. The van der Waals surface area contributed by atoms with Gasteiger partial charge in [-0.1, -0.05) is 32.0 Å². The Bertz CT molecular complexity index is 371. The fourth-order valence-electron chi connectivity index (χ4n) is 2.74. The highest BCUT2D eigenvalue weighted by atomic mass is 15.1. The largest absolute Gasteiger partial charge is 0.370 e. The van der Waals surface area contributed by atoms with E-state index in [4.69, 9.17) is 5.73 Å². The molecule has 1 heterocycles. The van der Waals surface area contributed by atoms with Crippen molar-refractivity contribution in [3.8, 4) is 0 Å². The van der Waals surface area contributed by atoms with E-state index in [1.54, 1.807) is 0 Å². The minimum Gasteiger partial charge on any atom is -0.370 e. The van der Waals surface area contributed by atoms with Gasteiger partial charge in [-0.25, -0.2) is 0 Å². The van der Waals surface area contributed by atoms with Gasteiger partial charge in [0.25, 0.3) is 0 Å². The molecule has 2 N–H and O–H groups in total. The Hall–Kier alpha value is -1.02. The molecule has 0 fully saturated rings. The van der Waals surface area contributed by atoms with E-state index in [2.05, 4.69) is 36.9 Å². The van der Waals surface area contributed by atoms with Crippen molar-refractivity contribution in [3.05, 3.63) is 29.3 Å². The van der Waals surface area contributed by atoms with Crippen LogP contribution in [0.3, 0.4) is 0 Å². The summed E-state index contributed by atoms with van der Waals surface area (Å²) < 4.78 is 0. The first-order chi connectivity index (χ1) is 8.22. The third-order valence-electron chi connectivity index (χ3n) is 3.41. The van der Waals surface area contributed by atoms with Gasteiger partial charge in [0.2, 0.25) is 0 Å². The maximum absolute atomic E-state index is 5.62. The summed E-state index contributed by atoms with van der Waals surface area (Å²) in [6.07, 6.45) is 3.42. The van der Waals surface area contributed by atoms with Crippen LogP contribution in [0.4, 0.5) is 5.69 Å². The fraction of sp³-hybridized carbons (Fsp3) is 0.600. The topological polar surface area (TPSA) is 29.3 Å². The number of rotatable bonds is 5. The standard InChI is InChI=1S/C15H24N2/c1-12(2)11-17-10-8-14-6-3-5-13(15(14)17)7-4-9-16/h3,5-6,12H,4,7-11,16H2,1-2H3. The summed E-state index contributed by atoms with van der Waals surface area (Å²) in [6.45, 7) is 7.73. The van der Waals surface area contributed by atoms with E-state index in [9.17, 15) is 0 Å². The predicted octanol–water partition coefficient (Wildman–Crippen LogP) is 2.60. The van der Waals surface area contributed by atoms with Crippen molar-refractivity contribution in [1.82, 2.24) is 0 Å². The Balaban J connectivity index is 2.21. The monoisotopic (exact) mass is 232 g/mol. The second-order valence-electron chi connectivity index (χ2n) is 5.41. The minimum absolute atomic E-state index is 0.725. The molecule has 0 spiro atoms. The van der Waals surface area contributed by atoms with Crippen molar-refractivity contribution in [2.24, 2.45) is 11.7 Å². The van der Waals surface area contributed by atoms with Crippen LogP contribution in [-0.2, 0) is 12.8 Å². The molecule has 0 unspecified atom stereocenters. The highest BCUT2D eigenvalue weighted by molar-refractivity contribution is 5.63. The fourth-order valence-corrected chi connectivity index (χ4v) is 2.74. The molecule has 0 saturated carbocycles. The van der Waals surface area contributed by atoms with Gasteiger partial charge in [0.15, 0.2) is 0 Å². The number of anilines is 1. The third-order valence-corrected chi connectivity index (χ3v) is 3.41. The van der Waals surface area contributed by atoms with Gasteiger partial charge in [-0.15, -0.1) is 0 Å². The van der Waals surface area contributed by atoms with Gasteiger partial charge in [-0.3, -0.25) is 0 Å². The van der Waals surface area contributed by atoms with E-state index in [0.29, 0.717) is 0 Å². The zero-order chi connectivity index (χ0) is 12.3. The second kappa shape index (κ2) is 5.54. The number of hydrogen-bond donors (Lipinski definition) is 1. The Kier molecular flexibility index (Phi) is 4.06. The molecule has 1 aromatic carbocycles. The quantitative estimate of drug-likeness (QED) is 0.845. The molecule has 1 aromatic rings. The number of para-hydroxylation sites is 1. The molecular formula is C15H24N2. The van der Waals surface area contributed by atoms with Crippen LogP contribution in [0.2, 0.25) is 0 Å². The Labute approximate surface area is 105 Å². The Morgan fingerprint density at radius 3 is 2.88 bits per heavy atom. The summed E-state index contributed by atoms with van der Waals surface area (Å²) in [7, 11) is 0. The molecule has 0 aromatic heterocycles. The Morgan fingerprint density at radius 1 is 1.35 bits per heavy atom. The van der Waals surface area contributed by atoms with Gasteiger partial charge in [-0.2, -0.15) is 0 Å². The van der Waals surface area contributed by atoms with Crippen LogP contribution in [0, 0.1) is 5.92 Å². The van der Waals surface area contributed by atoms with Gasteiger partial charge in [0.1, 0.15) is 0 Å². The smallest absolute Gasteiger partial charge is 0.0432 e. The molecule has 2 nitrogen and oxygen atoms in total. The van der Waals surface area contributed by atoms with Crippen molar-refractivity contribution in [2.75, 3.05) is 24.5 Å². The highest BCUT2D eigenvalue weighted by Crippen LogP contribution is 2.32. The lowest BCUT2D eigenvalue weighted by atomic mass is 10.0. The lowest BCUT2D eigenvalue weighted by Crippen LogP contribution is -2.26. The minimum atomic E-state index is 0.725. The summed E-state index contributed by atoms with van der Waals surface area (Å²) in [5, 5.41) is 0. The highest BCUT2D eigenvalue weighted by Gasteiger charge is 2.22. The van der Waals surface area contributed by atoms with Crippen LogP contribution >= 0.6 is 0 Å². The van der Waals surface area contributed by atoms with Gasteiger partial charge < -0.3 is 10.6 Å². The molecule has 17 heavy (non-hydrogen) atoms. The van der Waals surface area contributed by atoms with E-state index in [1.165, 1.54) is 36.3 Å². The predicted molar refractivity (Wildman–Crippen MR) is 74.6 cm³/mol. The third kappa shape index (κ3) is 2.81. The molecule has 0 amide bonds. The maximum Gasteiger partial charge on any atom is 0.0432 e. The van der Waals surface area contributed by atoms with E-state index >= 15 is 0 Å². The first kappa shape index (κ1) is 12.4.